The van der Waals surface area contributed by atoms with Crippen LogP contribution in [0.25, 0.3) is 10.6 Å². The maximum absolute atomic E-state index is 12.6. The number of carbonyl (C=O) groups excluding carboxylic acids is 2. The van der Waals surface area contributed by atoms with E-state index < -0.39 is 6.04 Å². The van der Waals surface area contributed by atoms with Crippen LogP contribution in [0.1, 0.15) is 41.0 Å². The topological polar surface area (TPSA) is 84.0 Å². The van der Waals surface area contributed by atoms with Crippen LogP contribution < -0.4 is 10.6 Å². The monoisotopic (exact) mass is 374 g/mol. The molecule has 1 heterocycles. The summed E-state index contributed by atoms with van der Waals surface area (Å²) in [7, 11) is 0. The van der Waals surface area contributed by atoms with E-state index in [1.54, 1.807) is 0 Å². The van der Waals surface area contributed by atoms with Crippen LogP contribution in [0, 0.1) is 11.3 Å². The fraction of sp³-hybridized carbons (Fsp3) is 0.474. The van der Waals surface area contributed by atoms with E-state index in [1.807, 2.05) is 65.0 Å². The third-order valence-corrected chi connectivity index (χ3v) is 4.52. The molecule has 0 fully saturated rings. The quantitative estimate of drug-likeness (QED) is 0.807. The number of anilines is 1. The predicted octanol–water partition coefficient (Wildman–Crippen LogP) is 3.72. The molecule has 0 saturated heterocycles. The third kappa shape index (κ3) is 5.91. The second kappa shape index (κ2) is 8.40. The molecule has 6 nitrogen and oxygen atoms in total. The second-order valence-corrected chi connectivity index (χ2v) is 8.77. The summed E-state index contributed by atoms with van der Waals surface area (Å²) >= 11 is 1.31. The zero-order chi connectivity index (χ0) is 19.3. The van der Waals surface area contributed by atoms with Gasteiger partial charge in [0.05, 0.1) is 0 Å². The third-order valence-electron chi connectivity index (χ3n) is 3.63. The molecule has 0 aliphatic carbocycles. The molecule has 2 N–H and O–H groups in total. The van der Waals surface area contributed by atoms with Crippen LogP contribution in [-0.2, 0) is 9.59 Å². The highest BCUT2D eigenvalue weighted by Gasteiger charge is 2.27. The summed E-state index contributed by atoms with van der Waals surface area (Å²) in [6, 6.07) is 9.05. The molecular weight excluding hydrogens is 348 g/mol. The lowest BCUT2D eigenvalue weighted by Gasteiger charge is -2.24. The van der Waals surface area contributed by atoms with E-state index in [-0.39, 0.29) is 23.1 Å². The summed E-state index contributed by atoms with van der Waals surface area (Å²) in [5.41, 5.74) is 0.815. The molecular formula is C19H26N4O2S. The van der Waals surface area contributed by atoms with E-state index in [1.165, 1.54) is 11.3 Å². The van der Waals surface area contributed by atoms with Gasteiger partial charge in [-0.05, 0) is 11.3 Å². The first kappa shape index (κ1) is 20.0. The minimum atomic E-state index is -0.617. The number of carbonyl (C=O) groups is 2. The largest absolute Gasteiger partial charge is 0.344 e. The van der Waals surface area contributed by atoms with E-state index in [2.05, 4.69) is 20.8 Å². The number of nitrogens with zero attached hydrogens (tertiary/aromatic N) is 2. The molecule has 7 heteroatoms. The number of hydrogen-bond acceptors (Lipinski definition) is 5. The molecule has 0 saturated carbocycles. The molecule has 2 aromatic rings. The van der Waals surface area contributed by atoms with Crippen LogP contribution in [0.5, 0.6) is 0 Å². The number of amides is 2. The molecule has 1 unspecified atom stereocenters. The van der Waals surface area contributed by atoms with Crippen molar-refractivity contribution in [1.29, 1.82) is 0 Å². The molecule has 140 valence electrons. The van der Waals surface area contributed by atoms with Crippen LogP contribution in [0.4, 0.5) is 5.13 Å². The number of benzene rings is 1. The number of nitrogens with one attached hydrogen (secondary N) is 2. The first-order chi connectivity index (χ1) is 12.2. The van der Waals surface area contributed by atoms with Gasteiger partial charge < -0.3 is 5.32 Å². The zero-order valence-corrected chi connectivity index (χ0v) is 16.7. The summed E-state index contributed by atoms with van der Waals surface area (Å²) < 4.78 is 0. The number of rotatable bonds is 6. The van der Waals surface area contributed by atoms with Gasteiger partial charge in [-0.3, -0.25) is 14.9 Å². The van der Waals surface area contributed by atoms with Crippen molar-refractivity contribution < 1.29 is 9.59 Å². The molecule has 0 bridgehead atoms. The van der Waals surface area contributed by atoms with Crippen molar-refractivity contribution in [2.45, 2.75) is 47.1 Å². The first-order valence-electron chi connectivity index (χ1n) is 8.65. The molecule has 1 aromatic heterocycles. The molecule has 1 aromatic carbocycles. The molecule has 2 rings (SSSR count). The lowest BCUT2D eigenvalue weighted by molar-refractivity contribution is -0.128. The molecule has 0 aliphatic rings. The van der Waals surface area contributed by atoms with Gasteiger partial charge in [-0.25, -0.2) is 0 Å². The van der Waals surface area contributed by atoms with Crippen LogP contribution in [0.15, 0.2) is 30.3 Å². The molecule has 0 radical (unpaired) electrons. The van der Waals surface area contributed by atoms with Crippen LogP contribution >= 0.6 is 11.3 Å². The van der Waals surface area contributed by atoms with Gasteiger partial charge in [-0.1, -0.05) is 76.3 Å². The maximum Gasteiger partial charge on any atom is 0.249 e. The summed E-state index contributed by atoms with van der Waals surface area (Å²) in [5, 5.41) is 14.9. The normalized spacial score (nSPS) is 12.7. The summed E-state index contributed by atoms with van der Waals surface area (Å²) in [4.78, 5) is 24.8. The highest BCUT2D eigenvalue weighted by atomic mass is 32.1. The highest BCUT2D eigenvalue weighted by molar-refractivity contribution is 7.18. The Hall–Kier alpha value is -2.28. The first-order valence-corrected chi connectivity index (χ1v) is 9.46. The summed E-state index contributed by atoms with van der Waals surface area (Å²) in [6.07, 6.45) is 0.362. The van der Waals surface area contributed by atoms with Gasteiger partial charge in [0.25, 0.3) is 0 Å². The summed E-state index contributed by atoms with van der Waals surface area (Å²) in [5.74, 6) is -0.452. The van der Waals surface area contributed by atoms with E-state index in [0.29, 0.717) is 11.6 Å². The van der Waals surface area contributed by atoms with E-state index in [4.69, 9.17) is 0 Å². The zero-order valence-electron chi connectivity index (χ0n) is 15.9. The standard InChI is InChI=1S/C19H26N4O2S/c1-12(2)15(20-14(24)11-19(3,4)5)16(25)21-18-23-22-17(26-18)13-9-7-6-8-10-13/h6-10,12,15H,11H2,1-5H3,(H,20,24)(H,21,23,25). The molecule has 0 spiro atoms. The van der Waals surface area contributed by atoms with E-state index >= 15 is 0 Å². The molecule has 26 heavy (non-hydrogen) atoms. The van der Waals surface area contributed by atoms with Crippen LogP contribution in [0.2, 0.25) is 0 Å². The van der Waals surface area contributed by atoms with Crippen molar-refractivity contribution in [3.63, 3.8) is 0 Å². The van der Waals surface area contributed by atoms with Crippen molar-refractivity contribution in [2.24, 2.45) is 11.3 Å². The smallest absolute Gasteiger partial charge is 0.249 e. The Bertz CT molecular complexity index is 750. The fourth-order valence-electron chi connectivity index (χ4n) is 2.40. The van der Waals surface area contributed by atoms with Crippen molar-refractivity contribution >= 4 is 28.3 Å². The van der Waals surface area contributed by atoms with Gasteiger partial charge in [0, 0.05) is 12.0 Å². The average Bonchev–Trinajstić information content (AvgIpc) is 3.00. The van der Waals surface area contributed by atoms with E-state index in [0.717, 1.165) is 10.6 Å². The Balaban J connectivity index is 2.04. The molecule has 1 atom stereocenters. The molecule has 0 aliphatic heterocycles. The Morgan fingerprint density at radius 3 is 2.35 bits per heavy atom. The minimum absolute atomic E-state index is 0.0413. The van der Waals surface area contributed by atoms with Crippen molar-refractivity contribution in [3.8, 4) is 10.6 Å². The lowest BCUT2D eigenvalue weighted by Crippen LogP contribution is -2.47. The lowest BCUT2D eigenvalue weighted by atomic mass is 9.91. The SMILES string of the molecule is CC(C)C(NC(=O)CC(C)(C)C)C(=O)Nc1nnc(-c2ccccc2)s1. The van der Waals surface area contributed by atoms with Crippen LogP contribution in [0.3, 0.4) is 0 Å². The minimum Gasteiger partial charge on any atom is -0.344 e. The van der Waals surface area contributed by atoms with Gasteiger partial charge in [-0.15, -0.1) is 10.2 Å². The van der Waals surface area contributed by atoms with E-state index in [9.17, 15) is 9.59 Å². The van der Waals surface area contributed by atoms with Crippen molar-refractivity contribution in [2.75, 3.05) is 5.32 Å². The second-order valence-electron chi connectivity index (χ2n) is 7.79. The Kier molecular flexibility index (Phi) is 6.47. The maximum atomic E-state index is 12.6. The average molecular weight is 375 g/mol. The fourth-order valence-corrected chi connectivity index (χ4v) is 3.15. The van der Waals surface area contributed by atoms with Crippen molar-refractivity contribution in [1.82, 2.24) is 15.5 Å². The van der Waals surface area contributed by atoms with Gasteiger partial charge in [0.1, 0.15) is 11.0 Å². The predicted molar refractivity (Wildman–Crippen MR) is 105 cm³/mol. The molecule has 2 amide bonds. The Labute approximate surface area is 158 Å². The van der Waals surface area contributed by atoms with Gasteiger partial charge in [0.2, 0.25) is 16.9 Å². The number of aromatic nitrogens is 2. The van der Waals surface area contributed by atoms with Gasteiger partial charge in [-0.2, -0.15) is 0 Å². The Morgan fingerprint density at radius 1 is 1.12 bits per heavy atom. The Morgan fingerprint density at radius 2 is 1.77 bits per heavy atom. The highest BCUT2D eigenvalue weighted by Crippen LogP contribution is 2.26. The van der Waals surface area contributed by atoms with Gasteiger partial charge in [0.15, 0.2) is 0 Å². The van der Waals surface area contributed by atoms with Gasteiger partial charge >= 0.3 is 0 Å². The summed E-state index contributed by atoms with van der Waals surface area (Å²) in [6.45, 7) is 9.77. The van der Waals surface area contributed by atoms with Crippen LogP contribution in [-0.4, -0.2) is 28.1 Å². The number of hydrogen-bond donors (Lipinski definition) is 2. The van der Waals surface area contributed by atoms with Crippen molar-refractivity contribution in [3.05, 3.63) is 30.3 Å².